The largest absolute Gasteiger partial charge is 0.434 e. The molecule has 0 aliphatic rings. The maximum absolute atomic E-state index is 13.6. The Balaban J connectivity index is 2.27. The number of nitrogens with one attached hydrogen (secondary N) is 1. The van der Waals surface area contributed by atoms with Crippen LogP contribution in [0, 0.1) is 11.6 Å². The predicted molar refractivity (Wildman–Crippen MR) is 83.9 cm³/mol. The van der Waals surface area contributed by atoms with E-state index in [-0.39, 0.29) is 17.3 Å². The first-order valence-corrected chi connectivity index (χ1v) is 7.12. The number of benzene rings is 1. The number of aromatic nitrogens is 1. The molecule has 120 valence electrons. The third-order valence-electron chi connectivity index (χ3n) is 2.49. The summed E-state index contributed by atoms with van der Waals surface area (Å²) in [6.07, 6.45) is 1.36. The third kappa shape index (κ3) is 4.54. The molecule has 2 aromatic rings. The summed E-state index contributed by atoms with van der Waals surface area (Å²) in [4.78, 5) is 15.7. The number of ether oxygens (including phenoxy) is 1. The van der Waals surface area contributed by atoms with Crippen LogP contribution < -0.4 is 10.1 Å². The SMILES string of the molecule is O=C(Nc1cccnc1Oc1ccc(F)cc1F)C(Cl)=C(Cl)Cl. The van der Waals surface area contributed by atoms with Gasteiger partial charge in [-0.15, -0.1) is 0 Å². The summed E-state index contributed by atoms with van der Waals surface area (Å²) in [7, 11) is 0. The molecule has 1 heterocycles. The smallest absolute Gasteiger partial charge is 0.269 e. The van der Waals surface area contributed by atoms with Gasteiger partial charge in [0.1, 0.15) is 21.0 Å². The fraction of sp³-hybridized carbons (Fsp3) is 0. The van der Waals surface area contributed by atoms with Crippen molar-refractivity contribution < 1.29 is 18.3 Å². The van der Waals surface area contributed by atoms with Crippen molar-refractivity contribution >= 4 is 46.4 Å². The molecule has 23 heavy (non-hydrogen) atoms. The average molecular weight is 380 g/mol. The number of carbonyl (C=O) groups excluding carboxylic acids is 1. The highest BCUT2D eigenvalue weighted by Crippen LogP contribution is 2.30. The molecule has 1 N–H and O–H groups in total. The number of rotatable bonds is 4. The molecule has 2 rings (SSSR count). The van der Waals surface area contributed by atoms with Crippen LogP contribution in [0.5, 0.6) is 11.6 Å². The molecule has 9 heteroatoms. The average Bonchev–Trinajstić information content (AvgIpc) is 2.50. The van der Waals surface area contributed by atoms with E-state index in [9.17, 15) is 13.6 Å². The lowest BCUT2D eigenvalue weighted by Crippen LogP contribution is -2.13. The molecule has 0 fully saturated rings. The zero-order valence-electron chi connectivity index (χ0n) is 11.1. The quantitative estimate of drug-likeness (QED) is 0.763. The van der Waals surface area contributed by atoms with Crippen LogP contribution in [0.1, 0.15) is 0 Å². The van der Waals surface area contributed by atoms with Crippen molar-refractivity contribution in [3.8, 4) is 11.6 Å². The van der Waals surface area contributed by atoms with Gasteiger partial charge < -0.3 is 10.1 Å². The van der Waals surface area contributed by atoms with Gasteiger partial charge >= 0.3 is 0 Å². The fourth-order valence-electron chi connectivity index (χ4n) is 1.49. The second kappa shape index (κ2) is 7.59. The van der Waals surface area contributed by atoms with Crippen molar-refractivity contribution in [1.82, 2.24) is 4.98 Å². The van der Waals surface area contributed by atoms with Crippen molar-refractivity contribution in [2.24, 2.45) is 0 Å². The van der Waals surface area contributed by atoms with Crippen molar-refractivity contribution in [2.75, 3.05) is 5.32 Å². The Morgan fingerprint density at radius 1 is 1.17 bits per heavy atom. The van der Waals surface area contributed by atoms with Crippen LogP contribution >= 0.6 is 34.8 Å². The standard InChI is InChI=1S/C14H7Cl3F2N2O2/c15-11(12(16)17)13(22)21-9-2-1-5-20-14(9)23-10-4-3-7(18)6-8(10)19/h1-6H,(H,21,22). The Morgan fingerprint density at radius 3 is 2.57 bits per heavy atom. The number of pyridine rings is 1. The number of halogens is 5. The first kappa shape index (κ1) is 17.5. The predicted octanol–water partition coefficient (Wildman–Crippen LogP) is 4.98. The van der Waals surface area contributed by atoms with Gasteiger partial charge in [0.05, 0.1) is 0 Å². The van der Waals surface area contributed by atoms with Gasteiger partial charge in [-0.3, -0.25) is 4.79 Å². The van der Waals surface area contributed by atoms with Gasteiger partial charge in [-0.1, -0.05) is 34.8 Å². The molecule has 4 nitrogen and oxygen atoms in total. The highest BCUT2D eigenvalue weighted by atomic mass is 35.5. The van der Waals surface area contributed by atoms with E-state index in [0.29, 0.717) is 6.07 Å². The number of hydrogen-bond donors (Lipinski definition) is 1. The molecule has 0 bridgehead atoms. The topological polar surface area (TPSA) is 51.2 Å². The van der Waals surface area contributed by atoms with E-state index < -0.39 is 27.1 Å². The Hall–Kier alpha value is -1.89. The summed E-state index contributed by atoms with van der Waals surface area (Å²) < 4.78 is 31.3. The normalized spacial score (nSPS) is 10.1. The summed E-state index contributed by atoms with van der Waals surface area (Å²) in [5.41, 5.74) is 0.0916. The highest BCUT2D eigenvalue weighted by molar-refractivity contribution is 6.63. The van der Waals surface area contributed by atoms with Crippen LogP contribution in [0.25, 0.3) is 0 Å². The van der Waals surface area contributed by atoms with Crippen molar-refractivity contribution in [3.63, 3.8) is 0 Å². The zero-order valence-corrected chi connectivity index (χ0v) is 13.4. The van der Waals surface area contributed by atoms with E-state index in [0.717, 1.165) is 12.1 Å². The summed E-state index contributed by atoms with van der Waals surface area (Å²) in [6.45, 7) is 0. The van der Waals surface area contributed by atoms with Crippen LogP contribution in [0.2, 0.25) is 0 Å². The van der Waals surface area contributed by atoms with Crippen LogP contribution in [-0.2, 0) is 4.79 Å². The molecule has 0 aliphatic carbocycles. The summed E-state index contributed by atoms with van der Waals surface area (Å²) in [5, 5.41) is 1.93. The Labute approximate surface area is 144 Å². The maximum Gasteiger partial charge on any atom is 0.269 e. The highest BCUT2D eigenvalue weighted by Gasteiger charge is 2.16. The van der Waals surface area contributed by atoms with Crippen molar-refractivity contribution in [3.05, 3.63) is 57.7 Å². The van der Waals surface area contributed by atoms with Gasteiger partial charge in [-0.2, -0.15) is 0 Å². The minimum Gasteiger partial charge on any atom is -0.434 e. The molecular formula is C14H7Cl3F2N2O2. The molecule has 0 spiro atoms. The lowest BCUT2D eigenvalue weighted by atomic mass is 10.3. The molecule has 0 atom stereocenters. The molecular weight excluding hydrogens is 373 g/mol. The third-order valence-corrected chi connectivity index (χ3v) is 3.42. The number of carbonyl (C=O) groups is 1. The lowest BCUT2D eigenvalue weighted by Gasteiger charge is -2.11. The number of nitrogens with zero attached hydrogens (tertiary/aromatic N) is 1. The van der Waals surface area contributed by atoms with E-state index >= 15 is 0 Å². The molecule has 0 aliphatic heterocycles. The van der Waals surface area contributed by atoms with Gasteiger partial charge in [-0.25, -0.2) is 13.8 Å². The fourth-order valence-corrected chi connectivity index (χ4v) is 1.71. The van der Waals surface area contributed by atoms with Crippen LogP contribution in [0.3, 0.4) is 0 Å². The van der Waals surface area contributed by atoms with Crippen molar-refractivity contribution in [1.29, 1.82) is 0 Å². The molecule has 1 amide bonds. The number of amides is 1. The van der Waals surface area contributed by atoms with Crippen molar-refractivity contribution in [2.45, 2.75) is 0 Å². The van der Waals surface area contributed by atoms with Gasteiger partial charge in [0.25, 0.3) is 5.91 Å². The van der Waals surface area contributed by atoms with E-state index in [4.69, 9.17) is 39.5 Å². The first-order valence-electron chi connectivity index (χ1n) is 5.98. The Kier molecular flexibility index (Phi) is 5.76. The zero-order chi connectivity index (χ0) is 17.0. The first-order chi connectivity index (χ1) is 10.9. The van der Waals surface area contributed by atoms with Gasteiger partial charge in [0.2, 0.25) is 5.88 Å². The lowest BCUT2D eigenvalue weighted by molar-refractivity contribution is -0.112. The van der Waals surface area contributed by atoms with Gasteiger partial charge in [0.15, 0.2) is 11.6 Å². The van der Waals surface area contributed by atoms with Crippen LogP contribution in [-0.4, -0.2) is 10.9 Å². The van der Waals surface area contributed by atoms with Crippen LogP contribution in [0.15, 0.2) is 46.1 Å². The van der Waals surface area contributed by atoms with E-state index in [2.05, 4.69) is 10.3 Å². The Bertz CT molecular complexity index is 780. The van der Waals surface area contributed by atoms with E-state index in [1.807, 2.05) is 0 Å². The second-order valence-electron chi connectivity index (χ2n) is 4.06. The molecule has 0 radical (unpaired) electrons. The van der Waals surface area contributed by atoms with Gasteiger partial charge in [0, 0.05) is 12.3 Å². The van der Waals surface area contributed by atoms with E-state index in [1.54, 1.807) is 0 Å². The monoisotopic (exact) mass is 378 g/mol. The van der Waals surface area contributed by atoms with E-state index in [1.165, 1.54) is 18.3 Å². The molecule has 0 saturated heterocycles. The summed E-state index contributed by atoms with van der Waals surface area (Å²) in [5.74, 6) is -2.86. The number of anilines is 1. The van der Waals surface area contributed by atoms with Gasteiger partial charge in [-0.05, 0) is 24.3 Å². The molecule has 1 aromatic carbocycles. The molecule has 1 aromatic heterocycles. The summed E-state index contributed by atoms with van der Waals surface area (Å²) >= 11 is 16.4. The molecule has 0 saturated carbocycles. The number of hydrogen-bond acceptors (Lipinski definition) is 3. The Morgan fingerprint density at radius 2 is 1.91 bits per heavy atom. The minimum absolute atomic E-state index is 0.0916. The summed E-state index contributed by atoms with van der Waals surface area (Å²) in [6, 6.07) is 5.71. The minimum atomic E-state index is -0.922. The molecule has 0 unspecified atom stereocenters. The second-order valence-corrected chi connectivity index (χ2v) is 5.39. The maximum atomic E-state index is 13.6. The van der Waals surface area contributed by atoms with Crippen LogP contribution in [0.4, 0.5) is 14.5 Å².